The normalized spacial score (nSPS) is 12.4. The Morgan fingerprint density at radius 2 is 1.77 bits per heavy atom. The van der Waals surface area contributed by atoms with Gasteiger partial charge in [0.25, 0.3) is 0 Å². The van der Waals surface area contributed by atoms with Gasteiger partial charge in [-0.1, -0.05) is 19.1 Å². The van der Waals surface area contributed by atoms with Crippen molar-refractivity contribution in [1.29, 1.82) is 0 Å². The van der Waals surface area contributed by atoms with E-state index in [4.69, 9.17) is 4.74 Å². The number of aryl methyl sites for hydroxylation is 1. The Morgan fingerprint density at radius 1 is 1.15 bits per heavy atom. The summed E-state index contributed by atoms with van der Waals surface area (Å²) in [4.78, 5) is 0.260. The molecule has 0 saturated carbocycles. The fourth-order valence-corrected chi connectivity index (χ4v) is 4.25. The van der Waals surface area contributed by atoms with Crippen LogP contribution in [0.25, 0.3) is 0 Å². The van der Waals surface area contributed by atoms with Crippen LogP contribution in [-0.4, -0.2) is 24.8 Å². The molecule has 2 aromatic rings. The van der Waals surface area contributed by atoms with E-state index in [-0.39, 0.29) is 17.0 Å². The quantitative estimate of drug-likeness (QED) is 0.799. The summed E-state index contributed by atoms with van der Waals surface area (Å²) in [6.45, 7) is 12.5. The first-order valence-corrected chi connectivity index (χ1v) is 10.3. The van der Waals surface area contributed by atoms with E-state index in [1.54, 1.807) is 18.5 Å². The molecule has 0 atom stereocenters. The van der Waals surface area contributed by atoms with Gasteiger partial charge in [0.2, 0.25) is 10.0 Å². The fourth-order valence-electron chi connectivity index (χ4n) is 2.84. The molecule has 0 aliphatic carbocycles. The van der Waals surface area contributed by atoms with Crippen molar-refractivity contribution in [2.45, 2.75) is 64.9 Å². The molecule has 0 amide bonds. The van der Waals surface area contributed by atoms with Crippen molar-refractivity contribution in [1.82, 2.24) is 14.5 Å². The highest BCUT2D eigenvalue weighted by molar-refractivity contribution is 7.89. The molecule has 144 valence electrons. The van der Waals surface area contributed by atoms with E-state index in [1.165, 1.54) is 0 Å². The topological polar surface area (TPSA) is 73.2 Å². The van der Waals surface area contributed by atoms with E-state index >= 15 is 0 Å². The molecule has 0 aliphatic heterocycles. The molecule has 6 nitrogen and oxygen atoms in total. The minimum atomic E-state index is -3.65. The van der Waals surface area contributed by atoms with Gasteiger partial charge >= 0.3 is 0 Å². The van der Waals surface area contributed by atoms with Crippen LogP contribution >= 0.6 is 0 Å². The van der Waals surface area contributed by atoms with Crippen molar-refractivity contribution < 1.29 is 13.2 Å². The van der Waals surface area contributed by atoms with Crippen LogP contribution in [0, 0.1) is 13.8 Å². The smallest absolute Gasteiger partial charge is 0.244 e. The van der Waals surface area contributed by atoms with Gasteiger partial charge in [-0.05, 0) is 58.7 Å². The van der Waals surface area contributed by atoms with Gasteiger partial charge in [0, 0.05) is 6.54 Å². The number of nitrogens with one attached hydrogen (secondary N) is 1. The van der Waals surface area contributed by atoms with Crippen LogP contribution in [-0.2, 0) is 22.1 Å². The van der Waals surface area contributed by atoms with Gasteiger partial charge in [-0.25, -0.2) is 13.1 Å². The van der Waals surface area contributed by atoms with Crippen LogP contribution in [0.3, 0.4) is 0 Å². The molecule has 1 aromatic carbocycles. The summed E-state index contributed by atoms with van der Waals surface area (Å²) in [7, 11) is -3.65. The second-order valence-electron chi connectivity index (χ2n) is 7.40. The van der Waals surface area contributed by atoms with Crippen molar-refractivity contribution in [3.63, 3.8) is 0 Å². The average Bonchev–Trinajstić information content (AvgIpc) is 2.87. The average molecular weight is 380 g/mol. The number of hydrogen-bond donors (Lipinski definition) is 1. The molecule has 7 heteroatoms. The first-order chi connectivity index (χ1) is 12.1. The highest BCUT2D eigenvalue weighted by Gasteiger charge is 2.28. The lowest BCUT2D eigenvalue weighted by Gasteiger charge is -2.21. The zero-order valence-electron chi connectivity index (χ0n) is 16.5. The van der Waals surface area contributed by atoms with E-state index in [2.05, 4.69) is 16.7 Å². The number of benzene rings is 1. The van der Waals surface area contributed by atoms with Crippen LogP contribution in [0.2, 0.25) is 0 Å². The number of sulfonamides is 1. The Morgan fingerprint density at radius 3 is 2.27 bits per heavy atom. The Balaban J connectivity index is 2.16. The molecular formula is C19H29N3O3S. The summed E-state index contributed by atoms with van der Waals surface area (Å²) < 4.78 is 35.6. The maximum absolute atomic E-state index is 12.8. The van der Waals surface area contributed by atoms with E-state index in [0.717, 1.165) is 17.7 Å². The third-order valence-corrected chi connectivity index (χ3v) is 5.64. The number of ether oxygens (including phenoxy) is 1. The van der Waals surface area contributed by atoms with Gasteiger partial charge in [0.1, 0.15) is 10.6 Å². The minimum absolute atomic E-state index is 0.218. The van der Waals surface area contributed by atoms with Gasteiger partial charge in [0.15, 0.2) is 0 Å². The van der Waals surface area contributed by atoms with Gasteiger partial charge in [-0.3, -0.25) is 4.68 Å². The SMILES string of the molecule is CCCOc1ccc(CNS(=O)(=O)c2c(C)nn(C(C)(C)C)c2C)cc1. The Bertz CT molecular complexity index is 847. The molecule has 0 unspecified atom stereocenters. The Kier molecular flexibility index (Phi) is 6.13. The molecular weight excluding hydrogens is 350 g/mol. The summed E-state index contributed by atoms with van der Waals surface area (Å²) in [6, 6.07) is 7.44. The van der Waals surface area contributed by atoms with Crippen LogP contribution in [0.5, 0.6) is 5.75 Å². The second-order valence-corrected chi connectivity index (χ2v) is 9.10. The van der Waals surface area contributed by atoms with Gasteiger partial charge in [0.05, 0.1) is 23.5 Å². The zero-order chi connectivity index (χ0) is 19.5. The molecule has 0 fully saturated rings. The summed E-state index contributed by atoms with van der Waals surface area (Å²) >= 11 is 0. The number of hydrogen-bond acceptors (Lipinski definition) is 4. The third-order valence-electron chi connectivity index (χ3n) is 3.99. The predicted octanol–water partition coefficient (Wildman–Crippen LogP) is 3.52. The van der Waals surface area contributed by atoms with Crippen molar-refractivity contribution >= 4 is 10.0 Å². The standard InChI is InChI=1S/C19H29N3O3S/c1-7-12-25-17-10-8-16(9-11-17)13-20-26(23,24)18-14(2)21-22(15(18)3)19(4,5)6/h8-11,20H,7,12-13H2,1-6H3. The van der Waals surface area contributed by atoms with Gasteiger partial charge in [-0.2, -0.15) is 5.10 Å². The zero-order valence-corrected chi connectivity index (χ0v) is 17.3. The lowest BCUT2D eigenvalue weighted by atomic mass is 10.1. The van der Waals surface area contributed by atoms with Crippen molar-refractivity contribution in [3.05, 3.63) is 41.2 Å². The number of aromatic nitrogens is 2. The monoisotopic (exact) mass is 379 g/mol. The fraction of sp³-hybridized carbons (Fsp3) is 0.526. The van der Waals surface area contributed by atoms with Crippen molar-refractivity contribution in [3.8, 4) is 5.75 Å². The summed E-state index contributed by atoms with van der Waals surface area (Å²) in [6.07, 6.45) is 0.947. The second kappa shape index (κ2) is 7.80. The molecule has 1 N–H and O–H groups in total. The molecule has 0 spiro atoms. The van der Waals surface area contributed by atoms with Crippen molar-refractivity contribution in [2.24, 2.45) is 0 Å². The molecule has 1 heterocycles. The lowest BCUT2D eigenvalue weighted by molar-refractivity contribution is 0.317. The van der Waals surface area contributed by atoms with Crippen LogP contribution in [0.4, 0.5) is 0 Å². The minimum Gasteiger partial charge on any atom is -0.494 e. The molecule has 2 rings (SSSR count). The van der Waals surface area contributed by atoms with Crippen LogP contribution < -0.4 is 9.46 Å². The maximum atomic E-state index is 12.8. The Hall–Kier alpha value is -1.86. The third kappa shape index (κ3) is 4.65. The van der Waals surface area contributed by atoms with E-state index in [0.29, 0.717) is 18.0 Å². The molecule has 1 aromatic heterocycles. The van der Waals surface area contributed by atoms with Crippen LogP contribution in [0.1, 0.15) is 51.1 Å². The van der Waals surface area contributed by atoms with Gasteiger partial charge < -0.3 is 4.74 Å². The lowest BCUT2D eigenvalue weighted by Crippen LogP contribution is -2.26. The van der Waals surface area contributed by atoms with E-state index < -0.39 is 10.0 Å². The molecule has 0 aliphatic rings. The first kappa shape index (κ1) is 20.5. The van der Waals surface area contributed by atoms with E-state index in [1.807, 2.05) is 45.0 Å². The number of rotatable bonds is 7. The summed E-state index contributed by atoms with van der Waals surface area (Å²) in [5.41, 5.74) is 1.74. The molecule has 26 heavy (non-hydrogen) atoms. The first-order valence-electron chi connectivity index (χ1n) is 8.84. The summed E-state index contributed by atoms with van der Waals surface area (Å²) in [5, 5.41) is 4.42. The molecule has 0 radical (unpaired) electrons. The number of nitrogens with zero attached hydrogens (tertiary/aromatic N) is 2. The largest absolute Gasteiger partial charge is 0.494 e. The molecule has 0 saturated heterocycles. The van der Waals surface area contributed by atoms with Gasteiger partial charge in [-0.15, -0.1) is 0 Å². The van der Waals surface area contributed by atoms with Crippen molar-refractivity contribution in [2.75, 3.05) is 6.61 Å². The highest BCUT2D eigenvalue weighted by Crippen LogP contribution is 2.25. The predicted molar refractivity (Wildman–Crippen MR) is 103 cm³/mol. The Labute approximate surface area is 156 Å². The van der Waals surface area contributed by atoms with Crippen LogP contribution in [0.15, 0.2) is 29.2 Å². The van der Waals surface area contributed by atoms with E-state index in [9.17, 15) is 8.42 Å². The maximum Gasteiger partial charge on any atom is 0.244 e. The highest BCUT2D eigenvalue weighted by atomic mass is 32.2. The molecule has 0 bridgehead atoms. The summed E-state index contributed by atoms with van der Waals surface area (Å²) in [5.74, 6) is 0.789.